The van der Waals surface area contributed by atoms with Gasteiger partial charge in [-0.2, -0.15) is 0 Å². The molecule has 2 aromatic rings. The number of anilines is 1. The highest BCUT2D eigenvalue weighted by Gasteiger charge is 2.08. The minimum absolute atomic E-state index is 0.549. The van der Waals surface area contributed by atoms with Gasteiger partial charge in [-0.05, 0) is 31.9 Å². The fraction of sp³-hybridized carbons (Fsp3) is 0.412. The van der Waals surface area contributed by atoms with Crippen LogP contribution in [-0.4, -0.2) is 23.1 Å². The molecule has 4 nitrogen and oxygen atoms in total. The summed E-state index contributed by atoms with van der Waals surface area (Å²) in [6, 6.07) is 6.16. The van der Waals surface area contributed by atoms with Crippen molar-refractivity contribution in [2.24, 2.45) is 0 Å². The summed E-state index contributed by atoms with van der Waals surface area (Å²) in [6.07, 6.45) is 3.41. The van der Waals surface area contributed by atoms with Gasteiger partial charge in [0, 0.05) is 0 Å². The summed E-state index contributed by atoms with van der Waals surface area (Å²) in [5, 5.41) is 3.81. The van der Waals surface area contributed by atoms with Gasteiger partial charge in [0.15, 0.2) is 0 Å². The Morgan fingerprint density at radius 3 is 2.77 bits per heavy atom. The van der Waals surface area contributed by atoms with Gasteiger partial charge in [0.1, 0.15) is 29.5 Å². The van der Waals surface area contributed by atoms with Crippen molar-refractivity contribution in [3.63, 3.8) is 0 Å². The second-order valence-electron chi connectivity index (χ2n) is 5.28. The topological polar surface area (TPSA) is 47.0 Å². The molecule has 0 bridgehead atoms. The molecule has 1 aromatic heterocycles. The number of aryl methyl sites for hydroxylation is 3. The van der Waals surface area contributed by atoms with Crippen LogP contribution >= 0.6 is 11.6 Å². The first-order valence-corrected chi connectivity index (χ1v) is 7.93. The molecule has 0 spiro atoms. The van der Waals surface area contributed by atoms with E-state index in [1.165, 1.54) is 5.56 Å². The van der Waals surface area contributed by atoms with E-state index in [4.69, 9.17) is 16.3 Å². The predicted octanol–water partition coefficient (Wildman–Crippen LogP) is 4.19. The van der Waals surface area contributed by atoms with Gasteiger partial charge in [-0.3, -0.25) is 0 Å². The van der Waals surface area contributed by atoms with Crippen molar-refractivity contribution >= 4 is 17.4 Å². The second kappa shape index (κ2) is 7.99. The number of hydrogen-bond donors (Lipinski definition) is 1. The highest BCUT2D eigenvalue weighted by atomic mass is 35.5. The van der Waals surface area contributed by atoms with Crippen LogP contribution in [0.5, 0.6) is 5.75 Å². The lowest BCUT2D eigenvalue weighted by Gasteiger charge is -2.12. The molecule has 22 heavy (non-hydrogen) atoms. The standard InChI is InChI=1S/C17H22ClN3O/c1-4-5-14-16(18)17(21-11-20-14)19-8-9-22-15-7-6-12(2)10-13(15)3/h6-7,10-11H,4-5,8-9H2,1-3H3,(H,19,20,21). The first-order chi connectivity index (χ1) is 10.6. The van der Waals surface area contributed by atoms with E-state index in [-0.39, 0.29) is 0 Å². The van der Waals surface area contributed by atoms with Gasteiger partial charge in [0.05, 0.1) is 12.2 Å². The largest absolute Gasteiger partial charge is 0.491 e. The average Bonchev–Trinajstić information content (AvgIpc) is 2.49. The Morgan fingerprint density at radius 1 is 1.23 bits per heavy atom. The van der Waals surface area contributed by atoms with E-state index in [0.29, 0.717) is 24.0 Å². The van der Waals surface area contributed by atoms with Crippen LogP contribution in [0.25, 0.3) is 0 Å². The van der Waals surface area contributed by atoms with Gasteiger partial charge in [-0.1, -0.05) is 42.6 Å². The SMILES string of the molecule is CCCc1ncnc(NCCOc2ccc(C)cc2C)c1Cl. The molecule has 0 fully saturated rings. The molecule has 0 radical (unpaired) electrons. The quantitative estimate of drug-likeness (QED) is 0.777. The normalized spacial score (nSPS) is 10.5. The second-order valence-corrected chi connectivity index (χ2v) is 5.66. The molecule has 0 saturated carbocycles. The van der Waals surface area contributed by atoms with Gasteiger partial charge >= 0.3 is 0 Å². The fourth-order valence-electron chi connectivity index (χ4n) is 2.23. The van der Waals surface area contributed by atoms with Gasteiger partial charge in [0.25, 0.3) is 0 Å². The van der Waals surface area contributed by atoms with E-state index in [1.807, 2.05) is 19.1 Å². The Morgan fingerprint density at radius 2 is 2.05 bits per heavy atom. The maximum Gasteiger partial charge on any atom is 0.148 e. The van der Waals surface area contributed by atoms with E-state index in [2.05, 4.69) is 35.2 Å². The zero-order valence-corrected chi connectivity index (χ0v) is 14.1. The molecule has 0 aliphatic carbocycles. The molecule has 0 saturated heterocycles. The number of nitrogens with zero attached hydrogens (tertiary/aromatic N) is 2. The summed E-state index contributed by atoms with van der Waals surface area (Å²) in [6.45, 7) is 7.41. The van der Waals surface area contributed by atoms with Gasteiger partial charge < -0.3 is 10.1 Å². The number of rotatable bonds is 7. The van der Waals surface area contributed by atoms with Crippen molar-refractivity contribution in [2.75, 3.05) is 18.5 Å². The minimum atomic E-state index is 0.549. The molecule has 0 atom stereocenters. The summed E-state index contributed by atoms with van der Waals surface area (Å²) in [4.78, 5) is 8.40. The number of benzene rings is 1. The Balaban J connectivity index is 1.87. The van der Waals surface area contributed by atoms with Gasteiger partial charge in [-0.15, -0.1) is 0 Å². The molecule has 1 heterocycles. The van der Waals surface area contributed by atoms with Crippen molar-refractivity contribution in [3.8, 4) is 5.75 Å². The molecule has 1 aromatic carbocycles. The zero-order chi connectivity index (χ0) is 15.9. The monoisotopic (exact) mass is 319 g/mol. The average molecular weight is 320 g/mol. The van der Waals surface area contributed by atoms with Crippen molar-refractivity contribution in [3.05, 3.63) is 46.4 Å². The lowest BCUT2D eigenvalue weighted by molar-refractivity contribution is 0.330. The summed E-state index contributed by atoms with van der Waals surface area (Å²) in [7, 11) is 0. The summed E-state index contributed by atoms with van der Waals surface area (Å²) >= 11 is 6.30. The summed E-state index contributed by atoms with van der Waals surface area (Å²) in [5.41, 5.74) is 3.27. The van der Waals surface area contributed by atoms with Gasteiger partial charge in [-0.25, -0.2) is 9.97 Å². The van der Waals surface area contributed by atoms with Crippen LogP contribution < -0.4 is 10.1 Å². The van der Waals surface area contributed by atoms with Crippen LogP contribution in [0.4, 0.5) is 5.82 Å². The van der Waals surface area contributed by atoms with Crippen LogP contribution in [0.1, 0.15) is 30.2 Å². The van der Waals surface area contributed by atoms with Crippen molar-refractivity contribution in [1.82, 2.24) is 9.97 Å². The van der Waals surface area contributed by atoms with Crippen LogP contribution in [0.15, 0.2) is 24.5 Å². The van der Waals surface area contributed by atoms with Crippen LogP contribution in [0, 0.1) is 13.8 Å². The molecule has 1 N–H and O–H groups in total. The van der Waals surface area contributed by atoms with Gasteiger partial charge in [0.2, 0.25) is 0 Å². The Hall–Kier alpha value is -1.81. The zero-order valence-electron chi connectivity index (χ0n) is 13.3. The third kappa shape index (κ3) is 4.34. The molecular formula is C17H22ClN3O. The summed E-state index contributed by atoms with van der Waals surface area (Å²) < 4.78 is 5.78. The highest BCUT2D eigenvalue weighted by molar-refractivity contribution is 6.33. The molecule has 118 valence electrons. The Kier molecular flexibility index (Phi) is 6.01. The third-order valence-electron chi connectivity index (χ3n) is 3.33. The smallest absolute Gasteiger partial charge is 0.148 e. The minimum Gasteiger partial charge on any atom is -0.491 e. The lowest BCUT2D eigenvalue weighted by atomic mass is 10.1. The Labute approximate surface area is 136 Å². The lowest BCUT2D eigenvalue weighted by Crippen LogP contribution is -2.13. The van der Waals surface area contributed by atoms with Crippen LogP contribution in [-0.2, 0) is 6.42 Å². The summed E-state index contributed by atoms with van der Waals surface area (Å²) in [5.74, 6) is 1.58. The third-order valence-corrected chi connectivity index (χ3v) is 3.73. The van der Waals surface area contributed by atoms with E-state index < -0.39 is 0 Å². The van der Waals surface area contributed by atoms with Crippen LogP contribution in [0.3, 0.4) is 0 Å². The number of ether oxygens (including phenoxy) is 1. The number of aromatic nitrogens is 2. The van der Waals surface area contributed by atoms with E-state index >= 15 is 0 Å². The number of hydrogen-bond acceptors (Lipinski definition) is 4. The maximum atomic E-state index is 6.30. The molecule has 0 aliphatic heterocycles. The van der Waals surface area contributed by atoms with Crippen molar-refractivity contribution < 1.29 is 4.74 Å². The molecule has 0 unspecified atom stereocenters. The van der Waals surface area contributed by atoms with E-state index in [9.17, 15) is 0 Å². The predicted molar refractivity (Wildman–Crippen MR) is 90.9 cm³/mol. The Bertz CT molecular complexity index is 631. The number of nitrogens with one attached hydrogen (secondary N) is 1. The molecule has 0 aliphatic rings. The van der Waals surface area contributed by atoms with E-state index in [0.717, 1.165) is 29.8 Å². The van der Waals surface area contributed by atoms with Crippen LogP contribution in [0.2, 0.25) is 5.02 Å². The molecule has 2 rings (SSSR count). The maximum absolute atomic E-state index is 6.30. The molecule has 5 heteroatoms. The first kappa shape index (κ1) is 16.6. The van der Waals surface area contributed by atoms with Crippen molar-refractivity contribution in [2.45, 2.75) is 33.6 Å². The first-order valence-electron chi connectivity index (χ1n) is 7.55. The van der Waals surface area contributed by atoms with Crippen molar-refractivity contribution in [1.29, 1.82) is 0 Å². The molecular weight excluding hydrogens is 298 g/mol. The molecule has 0 amide bonds. The fourth-order valence-corrected chi connectivity index (χ4v) is 2.49. The highest BCUT2D eigenvalue weighted by Crippen LogP contribution is 2.23. The van der Waals surface area contributed by atoms with E-state index in [1.54, 1.807) is 6.33 Å². The number of halogens is 1.